The fourth-order valence-electron chi connectivity index (χ4n) is 2.44. The average Bonchev–Trinajstić information content (AvgIpc) is 3.05. The Bertz CT molecular complexity index is 806. The molecule has 1 fully saturated rings. The van der Waals surface area contributed by atoms with Crippen molar-refractivity contribution in [3.8, 4) is 0 Å². The molecular formula is C17H16FNO2S2. The number of hydrogen-bond acceptors (Lipinski definition) is 3. The summed E-state index contributed by atoms with van der Waals surface area (Å²) in [6.07, 6.45) is 1.57. The SMILES string of the molecule is O=S(=O)(/C=C/c1ccccc1)N1CCS[C@@H]1c1ccccc1F. The Morgan fingerprint density at radius 1 is 1.09 bits per heavy atom. The Labute approximate surface area is 139 Å². The summed E-state index contributed by atoms with van der Waals surface area (Å²) in [4.78, 5) is 0. The second kappa shape index (κ2) is 6.86. The summed E-state index contributed by atoms with van der Waals surface area (Å²) in [5, 5.41) is 0.684. The number of sulfonamides is 1. The molecule has 23 heavy (non-hydrogen) atoms. The van der Waals surface area contributed by atoms with Crippen molar-refractivity contribution >= 4 is 27.9 Å². The number of thioether (sulfide) groups is 1. The second-order valence-electron chi connectivity index (χ2n) is 5.11. The van der Waals surface area contributed by atoms with E-state index in [4.69, 9.17) is 0 Å². The molecule has 1 saturated heterocycles. The van der Waals surface area contributed by atoms with Gasteiger partial charge in [-0.1, -0.05) is 48.5 Å². The van der Waals surface area contributed by atoms with Crippen LogP contribution in [0.5, 0.6) is 0 Å². The van der Waals surface area contributed by atoms with Crippen molar-refractivity contribution in [1.29, 1.82) is 0 Å². The molecule has 0 aliphatic carbocycles. The van der Waals surface area contributed by atoms with Gasteiger partial charge in [-0.15, -0.1) is 11.8 Å². The summed E-state index contributed by atoms with van der Waals surface area (Å²) >= 11 is 1.44. The van der Waals surface area contributed by atoms with E-state index in [1.54, 1.807) is 24.3 Å². The van der Waals surface area contributed by atoms with Gasteiger partial charge in [0.25, 0.3) is 0 Å². The van der Waals surface area contributed by atoms with Crippen LogP contribution < -0.4 is 0 Å². The fraction of sp³-hybridized carbons (Fsp3) is 0.176. The molecule has 1 heterocycles. The maximum Gasteiger partial charge on any atom is 0.237 e. The molecule has 0 N–H and O–H groups in total. The molecule has 0 aromatic heterocycles. The zero-order valence-electron chi connectivity index (χ0n) is 12.3. The van der Waals surface area contributed by atoms with E-state index in [0.717, 1.165) is 5.56 Å². The van der Waals surface area contributed by atoms with Crippen LogP contribution in [0.3, 0.4) is 0 Å². The van der Waals surface area contributed by atoms with Crippen LogP contribution in [0.15, 0.2) is 60.0 Å². The third kappa shape index (κ3) is 3.65. The number of rotatable bonds is 4. The van der Waals surface area contributed by atoms with E-state index >= 15 is 0 Å². The van der Waals surface area contributed by atoms with E-state index in [2.05, 4.69) is 0 Å². The van der Waals surface area contributed by atoms with Gasteiger partial charge < -0.3 is 0 Å². The zero-order valence-corrected chi connectivity index (χ0v) is 13.9. The van der Waals surface area contributed by atoms with Gasteiger partial charge in [-0.05, 0) is 17.7 Å². The molecule has 0 spiro atoms. The summed E-state index contributed by atoms with van der Waals surface area (Å²) in [6, 6.07) is 15.6. The minimum absolute atomic E-state index is 0.376. The molecule has 0 bridgehead atoms. The molecule has 1 atom stereocenters. The Morgan fingerprint density at radius 2 is 1.78 bits per heavy atom. The van der Waals surface area contributed by atoms with Crippen LogP contribution in [0.1, 0.15) is 16.5 Å². The first kappa shape index (κ1) is 16.2. The van der Waals surface area contributed by atoms with Gasteiger partial charge in [-0.2, -0.15) is 4.31 Å². The Balaban J connectivity index is 1.87. The van der Waals surface area contributed by atoms with Crippen molar-refractivity contribution in [3.05, 3.63) is 76.9 Å². The molecule has 0 saturated carbocycles. The summed E-state index contributed by atoms with van der Waals surface area (Å²) < 4.78 is 40.6. The van der Waals surface area contributed by atoms with E-state index < -0.39 is 15.4 Å². The van der Waals surface area contributed by atoms with E-state index in [1.165, 1.54) is 27.5 Å². The largest absolute Gasteiger partial charge is 0.237 e. The molecule has 1 aliphatic heterocycles. The van der Waals surface area contributed by atoms with Crippen LogP contribution in [-0.2, 0) is 10.0 Å². The average molecular weight is 349 g/mol. The third-order valence-electron chi connectivity index (χ3n) is 3.58. The van der Waals surface area contributed by atoms with E-state index in [-0.39, 0.29) is 5.82 Å². The zero-order chi connectivity index (χ0) is 16.3. The number of halogens is 1. The first-order valence-corrected chi connectivity index (χ1v) is 9.74. The number of nitrogens with zero attached hydrogens (tertiary/aromatic N) is 1. The standard InChI is InChI=1S/C17H16FNO2S2/c18-16-9-5-4-8-15(16)17-19(11-12-22-17)23(20,21)13-10-14-6-2-1-3-7-14/h1-10,13,17H,11-12H2/b13-10+/t17-/m1/s1. The van der Waals surface area contributed by atoms with Crippen LogP contribution in [0, 0.1) is 5.82 Å². The van der Waals surface area contributed by atoms with Gasteiger partial charge in [0.1, 0.15) is 5.82 Å². The molecule has 2 aromatic rings. The minimum Gasteiger partial charge on any atom is -0.207 e. The van der Waals surface area contributed by atoms with Crippen molar-refractivity contribution in [1.82, 2.24) is 4.31 Å². The molecular weight excluding hydrogens is 333 g/mol. The predicted molar refractivity (Wildman–Crippen MR) is 92.7 cm³/mol. The van der Waals surface area contributed by atoms with Gasteiger partial charge in [0.05, 0.1) is 5.37 Å². The maximum absolute atomic E-state index is 14.0. The molecule has 2 aromatic carbocycles. The lowest BCUT2D eigenvalue weighted by molar-refractivity contribution is 0.432. The topological polar surface area (TPSA) is 37.4 Å². The van der Waals surface area contributed by atoms with Crippen molar-refractivity contribution in [3.63, 3.8) is 0 Å². The predicted octanol–water partition coefficient (Wildman–Crippen LogP) is 3.87. The molecule has 3 nitrogen and oxygen atoms in total. The molecule has 0 amide bonds. The quantitative estimate of drug-likeness (QED) is 0.841. The van der Waals surface area contributed by atoms with Gasteiger partial charge in [0.15, 0.2) is 0 Å². The highest BCUT2D eigenvalue weighted by Crippen LogP contribution is 2.41. The molecule has 120 valence electrons. The van der Waals surface area contributed by atoms with Crippen molar-refractivity contribution in [2.45, 2.75) is 5.37 Å². The van der Waals surface area contributed by atoms with Crippen LogP contribution in [0.25, 0.3) is 6.08 Å². The van der Waals surface area contributed by atoms with Crippen LogP contribution >= 0.6 is 11.8 Å². The smallest absolute Gasteiger partial charge is 0.207 e. The molecule has 0 radical (unpaired) electrons. The summed E-state index contributed by atoms with van der Waals surface area (Å²) in [7, 11) is -3.61. The Morgan fingerprint density at radius 3 is 2.52 bits per heavy atom. The molecule has 3 rings (SSSR count). The minimum atomic E-state index is -3.61. The molecule has 6 heteroatoms. The highest BCUT2D eigenvalue weighted by Gasteiger charge is 2.35. The van der Waals surface area contributed by atoms with E-state index in [0.29, 0.717) is 17.9 Å². The summed E-state index contributed by atoms with van der Waals surface area (Å²) in [5.41, 5.74) is 1.22. The fourth-order valence-corrected chi connectivity index (χ4v) is 5.48. The summed E-state index contributed by atoms with van der Waals surface area (Å²) in [5.74, 6) is 0.274. The maximum atomic E-state index is 14.0. The van der Waals surface area contributed by atoms with Gasteiger partial charge in [0, 0.05) is 23.3 Å². The van der Waals surface area contributed by atoms with Gasteiger partial charge in [0.2, 0.25) is 10.0 Å². The second-order valence-corrected chi connectivity index (χ2v) is 8.07. The first-order valence-electron chi connectivity index (χ1n) is 7.19. The van der Waals surface area contributed by atoms with Gasteiger partial charge in [-0.3, -0.25) is 0 Å². The third-order valence-corrected chi connectivity index (χ3v) is 6.48. The Kier molecular flexibility index (Phi) is 4.84. The highest BCUT2D eigenvalue weighted by molar-refractivity contribution is 8.01. The lowest BCUT2D eigenvalue weighted by Crippen LogP contribution is -2.29. The van der Waals surface area contributed by atoms with Gasteiger partial charge >= 0.3 is 0 Å². The first-order chi connectivity index (χ1) is 11.1. The summed E-state index contributed by atoms with van der Waals surface area (Å²) in [6.45, 7) is 0.380. The van der Waals surface area contributed by atoms with E-state index in [9.17, 15) is 12.8 Å². The molecule has 1 aliphatic rings. The lowest BCUT2D eigenvalue weighted by Gasteiger charge is -2.22. The van der Waals surface area contributed by atoms with Crippen molar-refractivity contribution < 1.29 is 12.8 Å². The molecule has 0 unspecified atom stereocenters. The monoisotopic (exact) mass is 349 g/mol. The number of benzene rings is 2. The Hall–Kier alpha value is -1.63. The lowest BCUT2D eigenvalue weighted by atomic mass is 10.2. The number of hydrogen-bond donors (Lipinski definition) is 0. The highest BCUT2D eigenvalue weighted by atomic mass is 32.2. The normalized spacial score (nSPS) is 19.4. The van der Waals surface area contributed by atoms with Crippen LogP contribution in [0.4, 0.5) is 4.39 Å². The van der Waals surface area contributed by atoms with Crippen molar-refractivity contribution in [2.24, 2.45) is 0 Å². The van der Waals surface area contributed by atoms with E-state index in [1.807, 2.05) is 30.3 Å². The van der Waals surface area contributed by atoms with Crippen molar-refractivity contribution in [2.75, 3.05) is 12.3 Å². The van der Waals surface area contributed by atoms with Crippen LogP contribution in [0.2, 0.25) is 0 Å². The van der Waals surface area contributed by atoms with Crippen LogP contribution in [-0.4, -0.2) is 25.0 Å². The van der Waals surface area contributed by atoms with Gasteiger partial charge in [-0.25, -0.2) is 12.8 Å².